The summed E-state index contributed by atoms with van der Waals surface area (Å²) in [5.74, 6) is -0.249. The Morgan fingerprint density at radius 2 is 1.92 bits per heavy atom. The van der Waals surface area contributed by atoms with E-state index in [4.69, 9.17) is 4.74 Å². The van der Waals surface area contributed by atoms with Gasteiger partial charge in [-0.3, -0.25) is 4.79 Å². The van der Waals surface area contributed by atoms with Crippen molar-refractivity contribution < 1.29 is 14.3 Å². The molecule has 24 heavy (non-hydrogen) atoms. The van der Waals surface area contributed by atoms with Crippen LogP contribution in [-0.2, 0) is 9.53 Å². The molecule has 1 aromatic carbocycles. The van der Waals surface area contributed by atoms with Gasteiger partial charge in [0, 0.05) is 20.2 Å². The Morgan fingerprint density at radius 3 is 2.58 bits per heavy atom. The number of hydrogen-bond acceptors (Lipinski definition) is 3. The molecule has 1 saturated carbocycles. The third-order valence-electron chi connectivity index (χ3n) is 4.18. The van der Waals surface area contributed by atoms with Gasteiger partial charge < -0.3 is 20.7 Å². The van der Waals surface area contributed by atoms with Gasteiger partial charge in [-0.1, -0.05) is 43.2 Å². The van der Waals surface area contributed by atoms with Crippen molar-refractivity contribution in [1.29, 1.82) is 0 Å². The predicted molar refractivity (Wildman–Crippen MR) is 92.6 cm³/mol. The van der Waals surface area contributed by atoms with Crippen LogP contribution in [-0.4, -0.2) is 38.2 Å². The second kappa shape index (κ2) is 9.93. The molecule has 132 valence electrons. The number of nitrogens with one attached hydrogen (secondary N) is 3. The number of carbonyl (C=O) groups excluding carboxylic acids is 2. The van der Waals surface area contributed by atoms with E-state index < -0.39 is 6.04 Å². The van der Waals surface area contributed by atoms with Crippen molar-refractivity contribution in [2.45, 2.75) is 44.2 Å². The molecule has 6 heteroatoms. The van der Waals surface area contributed by atoms with Crippen LogP contribution in [0.4, 0.5) is 4.79 Å². The van der Waals surface area contributed by atoms with E-state index in [9.17, 15) is 9.59 Å². The lowest BCUT2D eigenvalue weighted by molar-refractivity contribution is -0.122. The van der Waals surface area contributed by atoms with Gasteiger partial charge in [0.15, 0.2) is 0 Å². The molecule has 1 aromatic rings. The molecule has 0 aliphatic heterocycles. The summed E-state index contributed by atoms with van der Waals surface area (Å²) < 4.78 is 5.75. The van der Waals surface area contributed by atoms with E-state index in [1.165, 1.54) is 12.8 Å². The van der Waals surface area contributed by atoms with E-state index in [1.54, 1.807) is 7.05 Å². The zero-order valence-corrected chi connectivity index (χ0v) is 14.2. The summed E-state index contributed by atoms with van der Waals surface area (Å²) in [7, 11) is 1.55. The molecule has 3 N–H and O–H groups in total. The van der Waals surface area contributed by atoms with Gasteiger partial charge in [-0.25, -0.2) is 4.79 Å². The number of ether oxygens (including phenoxy) is 1. The minimum atomic E-state index is -0.703. The van der Waals surface area contributed by atoms with Crippen molar-refractivity contribution in [3.8, 4) is 0 Å². The number of hydrogen-bond donors (Lipinski definition) is 3. The fourth-order valence-corrected chi connectivity index (χ4v) is 2.85. The molecular formula is C18H27N3O3. The normalized spacial score (nSPS) is 15.7. The van der Waals surface area contributed by atoms with Gasteiger partial charge in [0.05, 0.1) is 6.10 Å². The first-order valence-electron chi connectivity index (χ1n) is 8.63. The summed E-state index contributed by atoms with van der Waals surface area (Å²) in [6.07, 6.45) is 5.98. The molecule has 0 aromatic heterocycles. The van der Waals surface area contributed by atoms with Crippen LogP contribution in [0.2, 0.25) is 0 Å². The number of carbonyl (C=O) groups is 2. The fraction of sp³-hybridized carbons (Fsp3) is 0.556. The standard InChI is InChI=1S/C18H27N3O3/c1-19-17(22)16(14-8-3-2-4-9-14)21-18(23)20-12-7-13-24-15-10-5-6-11-15/h2-4,8-9,15-16H,5-7,10-13H2,1H3,(H,19,22)(H2,20,21,23)/t16-/m0/s1. The van der Waals surface area contributed by atoms with Crippen LogP contribution < -0.4 is 16.0 Å². The molecule has 0 spiro atoms. The molecule has 0 saturated heterocycles. The fourth-order valence-electron chi connectivity index (χ4n) is 2.85. The zero-order valence-electron chi connectivity index (χ0n) is 14.2. The molecule has 3 amide bonds. The highest BCUT2D eigenvalue weighted by molar-refractivity contribution is 5.87. The van der Waals surface area contributed by atoms with E-state index in [0.717, 1.165) is 24.8 Å². The lowest BCUT2D eigenvalue weighted by atomic mass is 10.1. The summed E-state index contributed by atoms with van der Waals surface area (Å²) in [5, 5.41) is 8.07. The molecule has 0 bridgehead atoms. The highest BCUT2D eigenvalue weighted by Gasteiger charge is 2.21. The van der Waals surface area contributed by atoms with Gasteiger partial charge in [-0.05, 0) is 24.8 Å². The number of likely N-dealkylation sites (N-methyl/N-ethyl adjacent to an activating group) is 1. The monoisotopic (exact) mass is 333 g/mol. The average molecular weight is 333 g/mol. The Bertz CT molecular complexity index is 516. The second-order valence-corrected chi connectivity index (χ2v) is 5.99. The summed E-state index contributed by atoms with van der Waals surface area (Å²) >= 11 is 0. The summed E-state index contributed by atoms with van der Waals surface area (Å²) in [5.41, 5.74) is 0.747. The van der Waals surface area contributed by atoms with Crippen LogP contribution >= 0.6 is 0 Å². The number of amides is 3. The van der Waals surface area contributed by atoms with Gasteiger partial charge >= 0.3 is 6.03 Å². The number of urea groups is 1. The predicted octanol–water partition coefficient (Wildman–Crippen LogP) is 2.12. The maximum absolute atomic E-state index is 12.0. The van der Waals surface area contributed by atoms with E-state index in [0.29, 0.717) is 19.3 Å². The van der Waals surface area contributed by atoms with Crippen molar-refractivity contribution in [2.24, 2.45) is 0 Å². The van der Waals surface area contributed by atoms with E-state index in [-0.39, 0.29) is 11.9 Å². The van der Waals surface area contributed by atoms with E-state index >= 15 is 0 Å². The second-order valence-electron chi connectivity index (χ2n) is 5.99. The Labute approximate surface area is 143 Å². The molecule has 0 radical (unpaired) electrons. The first kappa shape index (κ1) is 18.3. The highest BCUT2D eigenvalue weighted by Crippen LogP contribution is 2.20. The van der Waals surface area contributed by atoms with Gasteiger partial charge in [0.25, 0.3) is 0 Å². The van der Waals surface area contributed by atoms with E-state index in [1.807, 2.05) is 30.3 Å². The van der Waals surface area contributed by atoms with Crippen LogP contribution in [0.15, 0.2) is 30.3 Å². The third-order valence-corrected chi connectivity index (χ3v) is 4.18. The lowest BCUT2D eigenvalue weighted by Gasteiger charge is -2.18. The maximum atomic E-state index is 12.0. The largest absolute Gasteiger partial charge is 0.378 e. The lowest BCUT2D eigenvalue weighted by Crippen LogP contribution is -2.44. The Balaban J connectivity index is 1.71. The molecule has 1 fully saturated rings. The smallest absolute Gasteiger partial charge is 0.315 e. The van der Waals surface area contributed by atoms with Gasteiger partial charge in [-0.2, -0.15) is 0 Å². The van der Waals surface area contributed by atoms with Crippen LogP contribution in [0.3, 0.4) is 0 Å². The Morgan fingerprint density at radius 1 is 1.21 bits per heavy atom. The molecule has 1 atom stereocenters. The first-order valence-corrected chi connectivity index (χ1v) is 8.63. The summed E-state index contributed by atoms with van der Waals surface area (Å²) in [6.45, 7) is 1.18. The molecule has 0 heterocycles. The van der Waals surface area contributed by atoms with Crippen molar-refractivity contribution in [3.05, 3.63) is 35.9 Å². The van der Waals surface area contributed by atoms with Crippen LogP contribution in [0, 0.1) is 0 Å². The van der Waals surface area contributed by atoms with Crippen molar-refractivity contribution >= 4 is 11.9 Å². The quantitative estimate of drug-likeness (QED) is 0.638. The van der Waals surface area contributed by atoms with Crippen molar-refractivity contribution in [1.82, 2.24) is 16.0 Å². The summed E-state index contributed by atoms with van der Waals surface area (Å²) in [6, 6.07) is 8.12. The van der Waals surface area contributed by atoms with Crippen molar-refractivity contribution in [3.63, 3.8) is 0 Å². The Kier molecular flexibility index (Phi) is 7.55. The van der Waals surface area contributed by atoms with Gasteiger partial charge in [-0.15, -0.1) is 0 Å². The van der Waals surface area contributed by atoms with Crippen molar-refractivity contribution in [2.75, 3.05) is 20.2 Å². The van der Waals surface area contributed by atoms with Gasteiger partial charge in [0.1, 0.15) is 6.04 Å². The minimum Gasteiger partial charge on any atom is -0.378 e. The van der Waals surface area contributed by atoms with Crippen LogP contribution in [0.5, 0.6) is 0 Å². The van der Waals surface area contributed by atoms with Crippen LogP contribution in [0.1, 0.15) is 43.7 Å². The van der Waals surface area contributed by atoms with Gasteiger partial charge in [0.2, 0.25) is 5.91 Å². The SMILES string of the molecule is CNC(=O)[C@@H](NC(=O)NCCCOC1CCCC1)c1ccccc1. The summed E-state index contributed by atoms with van der Waals surface area (Å²) in [4.78, 5) is 24.0. The molecule has 0 unspecified atom stereocenters. The molecule has 6 nitrogen and oxygen atoms in total. The highest BCUT2D eigenvalue weighted by atomic mass is 16.5. The van der Waals surface area contributed by atoms with E-state index in [2.05, 4.69) is 16.0 Å². The first-order chi connectivity index (χ1) is 11.7. The molecule has 2 rings (SSSR count). The molecule has 1 aliphatic carbocycles. The average Bonchev–Trinajstić information content (AvgIpc) is 3.13. The maximum Gasteiger partial charge on any atom is 0.315 e. The molecular weight excluding hydrogens is 306 g/mol. The third kappa shape index (κ3) is 5.85. The number of benzene rings is 1. The van der Waals surface area contributed by atoms with Crippen LogP contribution in [0.25, 0.3) is 0 Å². The topological polar surface area (TPSA) is 79.5 Å². The minimum absolute atomic E-state index is 0.249. The number of rotatable bonds is 8. The zero-order chi connectivity index (χ0) is 17.2. The molecule has 1 aliphatic rings. The Hall–Kier alpha value is -2.08.